The monoisotopic (exact) mass is 505 g/mol. The summed E-state index contributed by atoms with van der Waals surface area (Å²) in [6, 6.07) is 21.6. The molecule has 2 heterocycles. The van der Waals surface area contributed by atoms with Crippen molar-refractivity contribution in [2.45, 2.75) is 31.5 Å². The largest absolute Gasteiger partial charge is 0.492 e. The molecule has 7 nitrogen and oxygen atoms in total. The van der Waals surface area contributed by atoms with Gasteiger partial charge >= 0.3 is 5.69 Å². The number of benzene rings is 3. The van der Waals surface area contributed by atoms with E-state index in [2.05, 4.69) is 17.0 Å². The van der Waals surface area contributed by atoms with Crippen molar-refractivity contribution in [1.82, 2.24) is 14.0 Å². The molecule has 1 aromatic heterocycles. The molecule has 0 aliphatic carbocycles. The molecule has 0 unspecified atom stereocenters. The summed E-state index contributed by atoms with van der Waals surface area (Å²) in [5.74, 6) is 1.02. The first-order chi connectivity index (χ1) is 17.9. The maximum absolute atomic E-state index is 13.1. The van der Waals surface area contributed by atoms with E-state index in [0.717, 1.165) is 36.4 Å². The van der Waals surface area contributed by atoms with E-state index in [-0.39, 0.29) is 18.1 Å². The number of aliphatic hydroxyl groups is 1. The molecule has 8 heteroatoms. The molecule has 1 aliphatic rings. The van der Waals surface area contributed by atoms with Crippen molar-refractivity contribution in [2.75, 3.05) is 26.3 Å². The fourth-order valence-corrected chi connectivity index (χ4v) is 4.80. The van der Waals surface area contributed by atoms with Gasteiger partial charge in [0, 0.05) is 26.7 Å². The molecular formula is C29H32FN3O4. The number of aromatic nitrogens is 2. The van der Waals surface area contributed by atoms with Crippen molar-refractivity contribution in [1.29, 1.82) is 0 Å². The average molecular weight is 506 g/mol. The summed E-state index contributed by atoms with van der Waals surface area (Å²) in [7, 11) is 1.78. The number of ether oxygens (including phenoxy) is 2. The van der Waals surface area contributed by atoms with Gasteiger partial charge in [0.2, 0.25) is 0 Å². The van der Waals surface area contributed by atoms with Gasteiger partial charge in [-0.15, -0.1) is 0 Å². The first-order valence-corrected chi connectivity index (χ1v) is 12.6. The minimum absolute atomic E-state index is 0.0457. The fourth-order valence-electron chi connectivity index (χ4n) is 4.80. The molecule has 0 bridgehead atoms. The summed E-state index contributed by atoms with van der Waals surface area (Å²) < 4.78 is 28.1. The Morgan fingerprint density at radius 1 is 0.892 bits per heavy atom. The second kappa shape index (κ2) is 10.8. The second-order valence-electron chi connectivity index (χ2n) is 9.72. The minimum Gasteiger partial charge on any atom is -0.492 e. The zero-order valence-corrected chi connectivity index (χ0v) is 21.0. The minimum atomic E-state index is -0.880. The molecule has 3 aromatic carbocycles. The van der Waals surface area contributed by atoms with Gasteiger partial charge in [-0.2, -0.15) is 0 Å². The fraction of sp³-hybridized carbons (Fsp3) is 0.345. The molecule has 1 saturated heterocycles. The summed E-state index contributed by atoms with van der Waals surface area (Å²) >= 11 is 0. The molecule has 194 valence electrons. The number of hydrogen-bond donors (Lipinski definition) is 1. The first-order valence-electron chi connectivity index (χ1n) is 12.6. The van der Waals surface area contributed by atoms with Gasteiger partial charge in [-0.25, -0.2) is 9.18 Å². The van der Waals surface area contributed by atoms with E-state index >= 15 is 0 Å². The summed E-state index contributed by atoms with van der Waals surface area (Å²) in [6.45, 7) is 3.40. The Labute approximate surface area is 215 Å². The molecule has 1 aliphatic heterocycles. The Hall–Kier alpha value is -3.62. The lowest BCUT2D eigenvalue weighted by Gasteiger charge is -2.38. The van der Waals surface area contributed by atoms with Crippen LogP contribution in [0.5, 0.6) is 11.5 Å². The van der Waals surface area contributed by atoms with Crippen LogP contribution in [0, 0.1) is 5.82 Å². The predicted octanol–water partition coefficient (Wildman–Crippen LogP) is 3.96. The van der Waals surface area contributed by atoms with Crippen LogP contribution in [-0.2, 0) is 20.1 Å². The average Bonchev–Trinajstić information content (AvgIpc) is 3.16. The van der Waals surface area contributed by atoms with E-state index in [1.807, 2.05) is 36.4 Å². The molecule has 1 N–H and O–H groups in total. The lowest BCUT2D eigenvalue weighted by atomic mass is 9.92. The molecule has 0 atom stereocenters. The van der Waals surface area contributed by atoms with Crippen LogP contribution in [0.3, 0.4) is 0 Å². The number of rotatable bonds is 9. The number of fused-ring (bicyclic) bond motifs is 1. The van der Waals surface area contributed by atoms with Crippen molar-refractivity contribution in [2.24, 2.45) is 7.05 Å². The highest BCUT2D eigenvalue weighted by molar-refractivity contribution is 5.75. The van der Waals surface area contributed by atoms with Crippen LogP contribution >= 0.6 is 0 Å². The third-order valence-corrected chi connectivity index (χ3v) is 7.07. The number of nitrogens with zero attached hydrogens (tertiary/aromatic N) is 3. The van der Waals surface area contributed by atoms with E-state index < -0.39 is 5.60 Å². The van der Waals surface area contributed by atoms with Crippen molar-refractivity contribution in [3.63, 3.8) is 0 Å². The van der Waals surface area contributed by atoms with E-state index in [4.69, 9.17) is 9.47 Å². The SMILES string of the molecule is Cn1c(=O)n(CCOc2ccc(CN3CCC(O)(COc4ccc(F)cc4)CC3)cc2)c2ccccc21. The van der Waals surface area contributed by atoms with E-state index in [1.165, 1.54) is 17.7 Å². The van der Waals surface area contributed by atoms with Crippen molar-refractivity contribution in [3.8, 4) is 11.5 Å². The lowest BCUT2D eigenvalue weighted by molar-refractivity contribution is -0.0537. The van der Waals surface area contributed by atoms with E-state index in [9.17, 15) is 14.3 Å². The summed E-state index contributed by atoms with van der Waals surface area (Å²) in [5, 5.41) is 10.9. The predicted molar refractivity (Wildman–Crippen MR) is 140 cm³/mol. The number of aryl methyl sites for hydroxylation is 1. The van der Waals surface area contributed by atoms with Crippen LogP contribution in [0.2, 0.25) is 0 Å². The third-order valence-electron chi connectivity index (χ3n) is 7.07. The lowest BCUT2D eigenvalue weighted by Crippen LogP contribution is -2.47. The van der Waals surface area contributed by atoms with Gasteiger partial charge < -0.3 is 14.6 Å². The van der Waals surface area contributed by atoms with Gasteiger partial charge in [-0.05, 0) is 66.9 Å². The van der Waals surface area contributed by atoms with Gasteiger partial charge in [0.25, 0.3) is 0 Å². The van der Waals surface area contributed by atoms with Crippen molar-refractivity contribution < 1.29 is 19.0 Å². The van der Waals surface area contributed by atoms with E-state index in [0.29, 0.717) is 31.7 Å². The Morgan fingerprint density at radius 3 is 2.22 bits per heavy atom. The molecule has 0 spiro atoms. The maximum atomic E-state index is 13.1. The van der Waals surface area contributed by atoms with Gasteiger partial charge in [-0.1, -0.05) is 24.3 Å². The number of para-hydroxylation sites is 2. The van der Waals surface area contributed by atoms with Crippen LogP contribution < -0.4 is 15.2 Å². The summed E-state index contributed by atoms with van der Waals surface area (Å²) in [6.07, 6.45) is 1.23. The molecular weight excluding hydrogens is 473 g/mol. The second-order valence-corrected chi connectivity index (χ2v) is 9.72. The standard InChI is InChI=1S/C29H32FN3O4/c1-31-26-4-2-3-5-27(26)33(28(31)34)18-19-36-24-10-6-22(7-11-24)20-32-16-14-29(35,15-17-32)21-37-25-12-8-23(30)9-13-25/h2-13,35H,14-21H2,1H3. The zero-order chi connectivity index (χ0) is 25.8. The summed E-state index contributed by atoms with van der Waals surface area (Å²) in [5.41, 5.74) is 2.06. The van der Waals surface area contributed by atoms with Crippen LogP contribution in [-0.4, -0.2) is 51.0 Å². The van der Waals surface area contributed by atoms with Crippen molar-refractivity contribution >= 4 is 11.0 Å². The molecule has 1 fully saturated rings. The Bertz CT molecular complexity index is 1390. The Balaban J connectivity index is 1.08. The van der Waals surface area contributed by atoms with Crippen LogP contribution in [0.4, 0.5) is 4.39 Å². The first kappa shape index (κ1) is 25.0. The number of imidazole rings is 1. The van der Waals surface area contributed by atoms with Crippen molar-refractivity contribution in [3.05, 3.63) is 94.7 Å². The van der Waals surface area contributed by atoms with Gasteiger partial charge in [0.05, 0.1) is 17.6 Å². The highest BCUT2D eigenvalue weighted by atomic mass is 19.1. The molecule has 5 rings (SSSR count). The third kappa shape index (κ3) is 5.87. The number of piperidine rings is 1. The van der Waals surface area contributed by atoms with Crippen LogP contribution in [0.1, 0.15) is 18.4 Å². The normalized spacial score (nSPS) is 15.6. The number of hydrogen-bond acceptors (Lipinski definition) is 5. The highest BCUT2D eigenvalue weighted by Crippen LogP contribution is 2.25. The number of likely N-dealkylation sites (tertiary alicyclic amines) is 1. The zero-order valence-electron chi connectivity index (χ0n) is 21.0. The number of halogens is 1. The molecule has 4 aromatic rings. The highest BCUT2D eigenvalue weighted by Gasteiger charge is 2.33. The quantitative estimate of drug-likeness (QED) is 0.373. The molecule has 0 saturated carbocycles. The molecule has 0 amide bonds. The van der Waals surface area contributed by atoms with Crippen LogP contribution in [0.15, 0.2) is 77.6 Å². The topological polar surface area (TPSA) is 68.9 Å². The summed E-state index contributed by atoms with van der Waals surface area (Å²) in [4.78, 5) is 14.9. The Kier molecular flexibility index (Phi) is 7.30. The van der Waals surface area contributed by atoms with Gasteiger partial charge in [-0.3, -0.25) is 14.0 Å². The Morgan fingerprint density at radius 2 is 1.51 bits per heavy atom. The molecule has 0 radical (unpaired) electrons. The van der Waals surface area contributed by atoms with Gasteiger partial charge in [0.15, 0.2) is 0 Å². The smallest absolute Gasteiger partial charge is 0.328 e. The van der Waals surface area contributed by atoms with E-state index in [1.54, 1.807) is 28.3 Å². The molecule has 37 heavy (non-hydrogen) atoms. The maximum Gasteiger partial charge on any atom is 0.328 e. The van der Waals surface area contributed by atoms with Crippen LogP contribution in [0.25, 0.3) is 11.0 Å². The van der Waals surface area contributed by atoms with Gasteiger partial charge in [0.1, 0.15) is 36.1 Å².